The van der Waals surface area contributed by atoms with Crippen LogP contribution >= 0.6 is 0 Å². The van der Waals surface area contributed by atoms with Crippen LogP contribution in [-0.2, 0) is 4.79 Å². The standard InChI is InChI=1S/C19H16O5/c1-11-4-9-15-16(10-11)24-18(19(17(15)21)23-12(2)20)13-5-7-14(22-3)8-6-13/h4-10H,1-3H3. The van der Waals surface area contributed by atoms with Gasteiger partial charge in [0, 0.05) is 12.5 Å². The molecule has 0 aliphatic heterocycles. The zero-order valence-electron chi connectivity index (χ0n) is 13.6. The molecule has 0 radical (unpaired) electrons. The summed E-state index contributed by atoms with van der Waals surface area (Å²) in [4.78, 5) is 24.1. The predicted molar refractivity (Wildman–Crippen MR) is 90.5 cm³/mol. The number of carbonyl (C=O) groups excluding carboxylic acids is 1. The highest BCUT2D eigenvalue weighted by molar-refractivity contribution is 5.84. The van der Waals surface area contributed by atoms with Gasteiger partial charge in [0.15, 0.2) is 5.76 Å². The first-order chi connectivity index (χ1) is 11.5. The third-order valence-electron chi connectivity index (χ3n) is 3.60. The average molecular weight is 324 g/mol. The van der Waals surface area contributed by atoms with Crippen molar-refractivity contribution in [3.8, 4) is 22.8 Å². The molecule has 0 N–H and O–H groups in total. The molecule has 0 fully saturated rings. The van der Waals surface area contributed by atoms with Crippen molar-refractivity contribution in [2.24, 2.45) is 0 Å². The second kappa shape index (κ2) is 6.20. The third kappa shape index (κ3) is 2.88. The Morgan fingerprint density at radius 1 is 1.08 bits per heavy atom. The predicted octanol–water partition coefficient (Wildman–Crippen LogP) is 3.70. The van der Waals surface area contributed by atoms with Crippen LogP contribution in [0.1, 0.15) is 12.5 Å². The summed E-state index contributed by atoms with van der Waals surface area (Å²) in [5.41, 5.74) is 1.65. The quantitative estimate of drug-likeness (QED) is 0.687. The van der Waals surface area contributed by atoms with Gasteiger partial charge in [-0.25, -0.2) is 0 Å². The Labute approximate surface area is 138 Å². The molecule has 1 heterocycles. The van der Waals surface area contributed by atoms with Crippen molar-refractivity contribution in [3.63, 3.8) is 0 Å². The van der Waals surface area contributed by atoms with Gasteiger partial charge < -0.3 is 13.9 Å². The van der Waals surface area contributed by atoms with Crippen LogP contribution in [0.25, 0.3) is 22.3 Å². The zero-order valence-corrected chi connectivity index (χ0v) is 13.6. The molecule has 0 saturated heterocycles. The van der Waals surface area contributed by atoms with E-state index in [2.05, 4.69) is 0 Å². The van der Waals surface area contributed by atoms with Crippen LogP contribution in [0, 0.1) is 6.92 Å². The molecule has 5 heteroatoms. The van der Waals surface area contributed by atoms with Crippen LogP contribution in [0.15, 0.2) is 51.7 Å². The molecule has 0 spiro atoms. The van der Waals surface area contributed by atoms with E-state index in [9.17, 15) is 9.59 Å². The van der Waals surface area contributed by atoms with Crippen LogP contribution < -0.4 is 14.9 Å². The van der Waals surface area contributed by atoms with Gasteiger partial charge in [0.1, 0.15) is 11.3 Å². The normalized spacial score (nSPS) is 10.6. The van der Waals surface area contributed by atoms with E-state index in [4.69, 9.17) is 13.9 Å². The Kier molecular flexibility index (Phi) is 4.08. The van der Waals surface area contributed by atoms with Crippen molar-refractivity contribution >= 4 is 16.9 Å². The Morgan fingerprint density at radius 3 is 2.42 bits per heavy atom. The first kappa shape index (κ1) is 15.8. The molecular weight excluding hydrogens is 308 g/mol. The third-order valence-corrected chi connectivity index (χ3v) is 3.60. The maximum Gasteiger partial charge on any atom is 0.308 e. The van der Waals surface area contributed by atoms with E-state index in [0.717, 1.165) is 5.56 Å². The van der Waals surface area contributed by atoms with Gasteiger partial charge in [-0.3, -0.25) is 9.59 Å². The van der Waals surface area contributed by atoms with E-state index in [1.807, 2.05) is 13.0 Å². The fourth-order valence-corrected chi connectivity index (χ4v) is 2.45. The van der Waals surface area contributed by atoms with Gasteiger partial charge in [-0.05, 0) is 48.9 Å². The lowest BCUT2D eigenvalue weighted by Crippen LogP contribution is -2.13. The molecule has 3 rings (SSSR count). The smallest absolute Gasteiger partial charge is 0.308 e. The summed E-state index contributed by atoms with van der Waals surface area (Å²) in [5.74, 6) is 0.204. The van der Waals surface area contributed by atoms with Crippen molar-refractivity contribution in [1.82, 2.24) is 0 Å². The van der Waals surface area contributed by atoms with Crippen molar-refractivity contribution in [3.05, 3.63) is 58.3 Å². The highest BCUT2D eigenvalue weighted by Crippen LogP contribution is 2.32. The Balaban J connectivity index is 2.30. The fraction of sp³-hybridized carbons (Fsp3) is 0.158. The molecule has 5 nitrogen and oxygen atoms in total. The van der Waals surface area contributed by atoms with Crippen molar-refractivity contribution in [2.45, 2.75) is 13.8 Å². The van der Waals surface area contributed by atoms with Crippen LogP contribution in [0.4, 0.5) is 0 Å². The number of methoxy groups -OCH3 is 1. The molecule has 0 unspecified atom stereocenters. The minimum Gasteiger partial charge on any atom is -0.497 e. The van der Waals surface area contributed by atoms with E-state index in [-0.39, 0.29) is 16.9 Å². The molecule has 3 aromatic rings. The molecule has 0 aliphatic carbocycles. The number of rotatable bonds is 3. The minimum atomic E-state index is -0.580. The maximum atomic E-state index is 12.7. The first-order valence-corrected chi connectivity index (χ1v) is 7.40. The van der Waals surface area contributed by atoms with Gasteiger partial charge in [0.2, 0.25) is 11.2 Å². The Hall–Kier alpha value is -3.08. The largest absolute Gasteiger partial charge is 0.497 e. The number of hydrogen-bond acceptors (Lipinski definition) is 5. The fourth-order valence-electron chi connectivity index (χ4n) is 2.45. The Bertz CT molecular complexity index is 967. The highest BCUT2D eigenvalue weighted by atomic mass is 16.5. The SMILES string of the molecule is COc1ccc(-c2oc3cc(C)ccc3c(=O)c2OC(C)=O)cc1. The van der Waals surface area contributed by atoms with Crippen molar-refractivity contribution < 1.29 is 18.7 Å². The topological polar surface area (TPSA) is 65.7 Å². The summed E-state index contributed by atoms with van der Waals surface area (Å²) in [6.07, 6.45) is 0. The molecule has 122 valence electrons. The second-order valence-corrected chi connectivity index (χ2v) is 5.41. The lowest BCUT2D eigenvalue weighted by atomic mass is 10.1. The van der Waals surface area contributed by atoms with Crippen molar-refractivity contribution in [2.75, 3.05) is 7.11 Å². The summed E-state index contributed by atoms with van der Waals surface area (Å²) in [7, 11) is 1.57. The highest BCUT2D eigenvalue weighted by Gasteiger charge is 2.19. The summed E-state index contributed by atoms with van der Waals surface area (Å²) >= 11 is 0. The molecule has 0 bridgehead atoms. The number of ether oxygens (including phenoxy) is 2. The average Bonchev–Trinajstić information content (AvgIpc) is 2.57. The van der Waals surface area contributed by atoms with Gasteiger partial charge in [0.25, 0.3) is 0 Å². The number of carbonyl (C=O) groups is 1. The summed E-state index contributed by atoms with van der Waals surface area (Å²) < 4.78 is 16.2. The number of fused-ring (bicyclic) bond motifs is 1. The second-order valence-electron chi connectivity index (χ2n) is 5.41. The molecule has 0 atom stereocenters. The van der Waals surface area contributed by atoms with Gasteiger partial charge in [-0.15, -0.1) is 0 Å². The number of esters is 1. The van der Waals surface area contributed by atoms with Crippen LogP contribution in [0.2, 0.25) is 0 Å². The first-order valence-electron chi connectivity index (χ1n) is 7.40. The number of aryl methyl sites for hydroxylation is 1. The number of benzene rings is 2. The number of hydrogen-bond donors (Lipinski definition) is 0. The summed E-state index contributed by atoms with van der Waals surface area (Å²) in [6, 6.07) is 12.2. The Morgan fingerprint density at radius 2 is 1.79 bits per heavy atom. The monoisotopic (exact) mass is 324 g/mol. The lowest BCUT2D eigenvalue weighted by molar-refractivity contribution is -0.131. The van der Waals surface area contributed by atoms with Gasteiger partial charge in [-0.2, -0.15) is 0 Å². The zero-order chi connectivity index (χ0) is 17.3. The van der Waals surface area contributed by atoms with E-state index >= 15 is 0 Å². The molecule has 0 amide bonds. The minimum absolute atomic E-state index is 0.107. The van der Waals surface area contributed by atoms with Crippen LogP contribution in [0.3, 0.4) is 0 Å². The van der Waals surface area contributed by atoms with E-state index in [1.54, 1.807) is 43.5 Å². The summed E-state index contributed by atoms with van der Waals surface area (Å²) in [6.45, 7) is 3.16. The molecular formula is C19H16O5. The van der Waals surface area contributed by atoms with Gasteiger partial charge in [-0.1, -0.05) is 6.07 Å². The van der Waals surface area contributed by atoms with Crippen molar-refractivity contribution in [1.29, 1.82) is 0 Å². The molecule has 2 aromatic carbocycles. The van der Waals surface area contributed by atoms with Gasteiger partial charge >= 0.3 is 5.97 Å². The molecule has 0 aliphatic rings. The van der Waals surface area contributed by atoms with Gasteiger partial charge in [0.05, 0.1) is 12.5 Å². The van der Waals surface area contributed by atoms with E-state index in [1.165, 1.54) is 6.92 Å². The van der Waals surface area contributed by atoms with E-state index < -0.39 is 5.97 Å². The molecule has 0 saturated carbocycles. The summed E-state index contributed by atoms with van der Waals surface area (Å²) in [5, 5.41) is 0.370. The van der Waals surface area contributed by atoms with Crippen LogP contribution in [-0.4, -0.2) is 13.1 Å². The maximum absolute atomic E-state index is 12.7. The molecule has 24 heavy (non-hydrogen) atoms. The van der Waals surface area contributed by atoms with E-state index in [0.29, 0.717) is 22.3 Å². The molecule has 1 aromatic heterocycles. The van der Waals surface area contributed by atoms with Crippen LogP contribution in [0.5, 0.6) is 11.5 Å². The lowest BCUT2D eigenvalue weighted by Gasteiger charge is -2.10.